The Morgan fingerprint density at radius 2 is 2.22 bits per heavy atom. The van der Waals surface area contributed by atoms with Crippen LogP contribution in [0.4, 0.5) is 0 Å². The monoisotopic (exact) mass is 264 g/mol. The van der Waals surface area contributed by atoms with Crippen LogP contribution in [0.2, 0.25) is 0 Å². The lowest BCUT2D eigenvalue weighted by Crippen LogP contribution is -2.21. The molecule has 0 saturated carbocycles. The third kappa shape index (κ3) is 3.40. The highest BCUT2D eigenvalue weighted by Crippen LogP contribution is 2.15. The van der Waals surface area contributed by atoms with Gasteiger partial charge in [-0.1, -0.05) is 13.8 Å². The van der Waals surface area contributed by atoms with Crippen LogP contribution in [0.5, 0.6) is 0 Å². The molecule has 2 aromatic heterocycles. The van der Waals surface area contributed by atoms with E-state index in [-0.39, 0.29) is 0 Å². The average Bonchev–Trinajstić information content (AvgIpc) is 2.95. The summed E-state index contributed by atoms with van der Waals surface area (Å²) >= 11 is 1.73. The predicted octanol–water partition coefficient (Wildman–Crippen LogP) is 2.85. The highest BCUT2D eigenvalue weighted by molar-refractivity contribution is 7.07. The number of nitrogens with zero attached hydrogens (tertiary/aromatic N) is 3. The number of aromatic nitrogens is 3. The second-order valence-corrected chi connectivity index (χ2v) is 5.69. The van der Waals surface area contributed by atoms with Gasteiger partial charge in [0.1, 0.15) is 12.2 Å². The number of rotatable bonds is 6. The molecule has 4 nitrogen and oxygen atoms in total. The van der Waals surface area contributed by atoms with Gasteiger partial charge < -0.3 is 5.32 Å². The van der Waals surface area contributed by atoms with Crippen molar-refractivity contribution in [3.05, 3.63) is 34.5 Å². The van der Waals surface area contributed by atoms with Gasteiger partial charge >= 0.3 is 0 Å². The zero-order valence-corrected chi connectivity index (χ0v) is 11.9. The van der Waals surface area contributed by atoms with Crippen molar-refractivity contribution in [3.8, 4) is 0 Å². The number of thiophene rings is 1. The summed E-state index contributed by atoms with van der Waals surface area (Å²) < 4.78 is 1.98. The van der Waals surface area contributed by atoms with Crippen molar-refractivity contribution in [1.29, 1.82) is 0 Å². The highest BCUT2D eigenvalue weighted by atomic mass is 32.1. The zero-order chi connectivity index (χ0) is 13.0. The number of nitrogens with one attached hydrogen (secondary N) is 1. The summed E-state index contributed by atoms with van der Waals surface area (Å²) in [5.74, 6) is 1.59. The first-order valence-electron chi connectivity index (χ1n) is 6.29. The smallest absolute Gasteiger partial charge is 0.140 e. The fourth-order valence-corrected chi connectivity index (χ4v) is 2.56. The van der Waals surface area contributed by atoms with E-state index in [2.05, 4.69) is 53.0 Å². The largest absolute Gasteiger partial charge is 0.303 e. The standard InChI is InChI=1S/C13H20N4S/c1-10(2)7-17-13(15-9-16-17)6-14-11(3)12-4-5-18-8-12/h4-5,8-11,14H,6-7H2,1-3H3. The lowest BCUT2D eigenvalue weighted by molar-refractivity contribution is 0.449. The first-order chi connectivity index (χ1) is 8.66. The van der Waals surface area contributed by atoms with Gasteiger partial charge in [0.05, 0.1) is 6.54 Å². The Balaban J connectivity index is 1.92. The van der Waals surface area contributed by atoms with Crippen molar-refractivity contribution >= 4 is 11.3 Å². The van der Waals surface area contributed by atoms with E-state index in [0.29, 0.717) is 12.0 Å². The molecule has 0 aliphatic heterocycles. The molecule has 2 aromatic rings. The summed E-state index contributed by atoms with van der Waals surface area (Å²) in [5.41, 5.74) is 1.33. The molecule has 0 bridgehead atoms. The van der Waals surface area contributed by atoms with E-state index in [1.54, 1.807) is 17.7 Å². The van der Waals surface area contributed by atoms with Crippen LogP contribution in [0.1, 0.15) is 38.2 Å². The van der Waals surface area contributed by atoms with Gasteiger partial charge in [-0.05, 0) is 35.2 Å². The molecular weight excluding hydrogens is 244 g/mol. The predicted molar refractivity (Wildman–Crippen MR) is 74.4 cm³/mol. The second kappa shape index (κ2) is 6.11. The van der Waals surface area contributed by atoms with Gasteiger partial charge in [0.25, 0.3) is 0 Å². The van der Waals surface area contributed by atoms with E-state index < -0.39 is 0 Å². The van der Waals surface area contributed by atoms with Crippen molar-refractivity contribution in [2.45, 2.75) is 39.9 Å². The third-order valence-electron chi connectivity index (χ3n) is 2.84. The SMILES string of the molecule is CC(C)Cn1ncnc1CNC(C)c1ccsc1. The summed E-state index contributed by atoms with van der Waals surface area (Å²) in [7, 11) is 0. The molecule has 0 saturated heterocycles. The molecule has 5 heteroatoms. The van der Waals surface area contributed by atoms with E-state index >= 15 is 0 Å². The Kier molecular flexibility index (Phi) is 4.49. The summed E-state index contributed by atoms with van der Waals surface area (Å²) in [4.78, 5) is 4.31. The Morgan fingerprint density at radius 3 is 2.89 bits per heavy atom. The van der Waals surface area contributed by atoms with Crippen molar-refractivity contribution in [2.75, 3.05) is 0 Å². The van der Waals surface area contributed by atoms with E-state index in [4.69, 9.17) is 0 Å². The van der Waals surface area contributed by atoms with Crippen LogP contribution >= 0.6 is 11.3 Å². The van der Waals surface area contributed by atoms with Gasteiger partial charge in [0, 0.05) is 12.6 Å². The lowest BCUT2D eigenvalue weighted by atomic mass is 10.2. The van der Waals surface area contributed by atoms with E-state index in [9.17, 15) is 0 Å². The topological polar surface area (TPSA) is 42.7 Å². The Morgan fingerprint density at radius 1 is 1.39 bits per heavy atom. The van der Waals surface area contributed by atoms with Crippen molar-refractivity contribution < 1.29 is 0 Å². The molecule has 18 heavy (non-hydrogen) atoms. The minimum Gasteiger partial charge on any atom is -0.303 e. The Hall–Kier alpha value is -1.20. The summed E-state index contributed by atoms with van der Waals surface area (Å²) in [6, 6.07) is 2.50. The first kappa shape index (κ1) is 13.2. The van der Waals surface area contributed by atoms with Gasteiger partial charge in [-0.15, -0.1) is 0 Å². The maximum Gasteiger partial charge on any atom is 0.140 e. The summed E-state index contributed by atoms with van der Waals surface area (Å²) in [6.45, 7) is 8.22. The van der Waals surface area contributed by atoms with Crippen LogP contribution in [0.3, 0.4) is 0 Å². The molecule has 0 fully saturated rings. The summed E-state index contributed by atoms with van der Waals surface area (Å²) in [5, 5.41) is 12.0. The normalized spacial score (nSPS) is 13.1. The molecule has 1 N–H and O–H groups in total. The molecule has 2 rings (SSSR count). The lowest BCUT2D eigenvalue weighted by Gasteiger charge is -2.13. The number of hydrogen-bond acceptors (Lipinski definition) is 4. The van der Waals surface area contributed by atoms with Crippen molar-refractivity contribution in [2.24, 2.45) is 5.92 Å². The molecule has 0 amide bonds. The molecular formula is C13H20N4S. The Labute approximate surface area is 112 Å². The third-order valence-corrected chi connectivity index (χ3v) is 3.54. The Bertz CT molecular complexity index is 461. The molecule has 0 spiro atoms. The number of hydrogen-bond donors (Lipinski definition) is 1. The maximum absolute atomic E-state index is 4.31. The zero-order valence-electron chi connectivity index (χ0n) is 11.1. The molecule has 0 aromatic carbocycles. The van der Waals surface area contributed by atoms with E-state index in [1.807, 2.05) is 4.68 Å². The van der Waals surface area contributed by atoms with Gasteiger partial charge in [0.15, 0.2) is 0 Å². The molecule has 0 aliphatic rings. The highest BCUT2D eigenvalue weighted by Gasteiger charge is 2.09. The minimum atomic E-state index is 0.348. The van der Waals surface area contributed by atoms with Gasteiger partial charge in [-0.3, -0.25) is 0 Å². The van der Waals surface area contributed by atoms with Gasteiger partial charge in [-0.25, -0.2) is 9.67 Å². The van der Waals surface area contributed by atoms with Crippen LogP contribution in [0, 0.1) is 5.92 Å². The van der Waals surface area contributed by atoms with Crippen LogP contribution in [0.25, 0.3) is 0 Å². The van der Waals surface area contributed by atoms with Crippen LogP contribution in [0.15, 0.2) is 23.2 Å². The maximum atomic E-state index is 4.31. The van der Waals surface area contributed by atoms with Crippen LogP contribution in [-0.2, 0) is 13.1 Å². The molecule has 0 radical (unpaired) electrons. The minimum absolute atomic E-state index is 0.348. The first-order valence-corrected chi connectivity index (χ1v) is 7.23. The molecule has 98 valence electrons. The van der Waals surface area contributed by atoms with E-state index in [1.165, 1.54) is 5.56 Å². The van der Waals surface area contributed by atoms with E-state index in [0.717, 1.165) is 18.9 Å². The van der Waals surface area contributed by atoms with Crippen molar-refractivity contribution in [1.82, 2.24) is 20.1 Å². The second-order valence-electron chi connectivity index (χ2n) is 4.91. The fourth-order valence-electron chi connectivity index (χ4n) is 1.81. The molecule has 2 heterocycles. The van der Waals surface area contributed by atoms with Gasteiger partial charge in [0.2, 0.25) is 0 Å². The fraction of sp³-hybridized carbons (Fsp3) is 0.538. The quantitative estimate of drug-likeness (QED) is 0.872. The summed E-state index contributed by atoms with van der Waals surface area (Å²) in [6.07, 6.45) is 1.63. The molecule has 0 aliphatic carbocycles. The van der Waals surface area contributed by atoms with Crippen LogP contribution < -0.4 is 5.32 Å². The van der Waals surface area contributed by atoms with Crippen LogP contribution in [-0.4, -0.2) is 14.8 Å². The van der Waals surface area contributed by atoms with Crippen molar-refractivity contribution in [3.63, 3.8) is 0 Å². The molecule has 1 atom stereocenters. The molecule has 1 unspecified atom stereocenters. The van der Waals surface area contributed by atoms with Gasteiger partial charge in [-0.2, -0.15) is 16.4 Å². The average molecular weight is 264 g/mol.